The van der Waals surface area contributed by atoms with Gasteiger partial charge in [-0.05, 0) is 42.4 Å². The molecule has 3 rings (SSSR count). The summed E-state index contributed by atoms with van der Waals surface area (Å²) in [5.74, 6) is -0.383. The molecule has 1 aliphatic rings. The van der Waals surface area contributed by atoms with Crippen molar-refractivity contribution >= 4 is 11.8 Å². The lowest BCUT2D eigenvalue weighted by molar-refractivity contribution is -0.125. The molecule has 2 N–H and O–H groups in total. The minimum Gasteiger partial charge on any atom is -0.348 e. The van der Waals surface area contributed by atoms with Gasteiger partial charge in [0.25, 0.3) is 0 Å². The summed E-state index contributed by atoms with van der Waals surface area (Å²) < 4.78 is 1.98. The highest BCUT2D eigenvalue weighted by atomic mass is 16.2. The highest BCUT2D eigenvalue weighted by Crippen LogP contribution is 2.31. The van der Waals surface area contributed by atoms with Crippen molar-refractivity contribution in [1.82, 2.24) is 20.4 Å². The average Bonchev–Trinajstić information content (AvgIpc) is 3.04. The van der Waals surface area contributed by atoms with Crippen LogP contribution in [0.3, 0.4) is 0 Å². The van der Waals surface area contributed by atoms with Gasteiger partial charge in [0.15, 0.2) is 0 Å². The molecule has 0 saturated carbocycles. The van der Waals surface area contributed by atoms with Crippen LogP contribution in [0.4, 0.5) is 0 Å². The molecular weight excluding hydrogens is 340 g/mol. The number of nitrogens with one attached hydrogen (secondary N) is 2. The van der Waals surface area contributed by atoms with E-state index in [1.165, 1.54) is 12.5 Å². The Kier molecular flexibility index (Phi) is 5.35. The van der Waals surface area contributed by atoms with Crippen LogP contribution >= 0.6 is 0 Å². The molecule has 2 amide bonds. The summed E-state index contributed by atoms with van der Waals surface area (Å²) in [6.07, 6.45) is 4.67. The molecule has 0 bridgehead atoms. The first-order valence-electron chi connectivity index (χ1n) is 9.47. The summed E-state index contributed by atoms with van der Waals surface area (Å²) in [6, 6.07) is 8.45. The van der Waals surface area contributed by atoms with Crippen molar-refractivity contribution in [2.24, 2.45) is 0 Å². The second kappa shape index (κ2) is 7.55. The minimum atomic E-state index is -0.207. The average molecular weight is 368 g/mol. The van der Waals surface area contributed by atoms with Gasteiger partial charge in [-0.3, -0.25) is 9.59 Å². The smallest absolute Gasteiger partial charge is 0.239 e. The molecule has 1 atom stereocenters. The molecule has 2 aromatic rings. The zero-order valence-corrected chi connectivity index (χ0v) is 16.5. The van der Waals surface area contributed by atoms with E-state index in [1.54, 1.807) is 0 Å². The molecule has 6 heteroatoms. The van der Waals surface area contributed by atoms with E-state index in [9.17, 15) is 9.59 Å². The van der Waals surface area contributed by atoms with Gasteiger partial charge in [-0.2, -0.15) is 5.10 Å². The van der Waals surface area contributed by atoms with Crippen molar-refractivity contribution in [3.63, 3.8) is 0 Å². The quantitative estimate of drug-likeness (QED) is 0.871. The number of carbonyl (C=O) groups excluding carboxylic acids is 2. The van der Waals surface area contributed by atoms with Crippen LogP contribution in [0.1, 0.15) is 63.4 Å². The van der Waals surface area contributed by atoms with Crippen LogP contribution in [-0.2, 0) is 21.4 Å². The molecule has 1 aliphatic carbocycles. The lowest BCUT2D eigenvalue weighted by Crippen LogP contribution is -2.38. The van der Waals surface area contributed by atoms with Crippen LogP contribution in [0.5, 0.6) is 0 Å². The fourth-order valence-corrected chi connectivity index (χ4v) is 3.48. The van der Waals surface area contributed by atoms with Gasteiger partial charge in [0.05, 0.1) is 24.5 Å². The SMILES string of the molecule is CC(=O)NCC(=O)N[C@H]1CCCc2c1cnn2-c1ccc(C(C)(C)C)cc1. The molecule has 0 saturated heterocycles. The van der Waals surface area contributed by atoms with E-state index in [4.69, 9.17) is 0 Å². The first-order chi connectivity index (χ1) is 12.8. The van der Waals surface area contributed by atoms with Gasteiger partial charge in [0.2, 0.25) is 11.8 Å². The van der Waals surface area contributed by atoms with E-state index in [0.29, 0.717) is 0 Å². The molecule has 0 unspecified atom stereocenters. The Labute approximate surface area is 160 Å². The highest BCUT2D eigenvalue weighted by molar-refractivity contribution is 5.83. The summed E-state index contributed by atoms with van der Waals surface area (Å²) in [5, 5.41) is 10.1. The second-order valence-corrected chi connectivity index (χ2v) is 8.18. The molecule has 0 fully saturated rings. The fraction of sp³-hybridized carbons (Fsp3) is 0.476. The Morgan fingerprint density at radius 1 is 1.22 bits per heavy atom. The summed E-state index contributed by atoms with van der Waals surface area (Å²) in [5.41, 5.74) is 4.66. The predicted octanol–water partition coefficient (Wildman–Crippen LogP) is 2.80. The van der Waals surface area contributed by atoms with Gasteiger partial charge in [0, 0.05) is 18.2 Å². The van der Waals surface area contributed by atoms with Gasteiger partial charge in [-0.15, -0.1) is 0 Å². The van der Waals surface area contributed by atoms with Gasteiger partial charge >= 0.3 is 0 Å². The van der Waals surface area contributed by atoms with Crippen molar-refractivity contribution < 1.29 is 9.59 Å². The number of carbonyl (C=O) groups is 2. The molecule has 0 spiro atoms. The molecule has 1 heterocycles. The van der Waals surface area contributed by atoms with E-state index in [-0.39, 0.29) is 29.8 Å². The predicted molar refractivity (Wildman–Crippen MR) is 105 cm³/mol. The van der Waals surface area contributed by atoms with Crippen LogP contribution < -0.4 is 10.6 Å². The van der Waals surface area contributed by atoms with Crippen LogP contribution in [-0.4, -0.2) is 28.1 Å². The second-order valence-electron chi connectivity index (χ2n) is 8.18. The number of rotatable bonds is 4. The van der Waals surface area contributed by atoms with E-state index >= 15 is 0 Å². The third kappa shape index (κ3) is 4.38. The fourth-order valence-electron chi connectivity index (χ4n) is 3.48. The molecule has 27 heavy (non-hydrogen) atoms. The first-order valence-corrected chi connectivity index (χ1v) is 9.47. The third-order valence-electron chi connectivity index (χ3n) is 4.99. The summed E-state index contributed by atoms with van der Waals surface area (Å²) in [7, 11) is 0. The zero-order chi connectivity index (χ0) is 19.6. The Balaban J connectivity index is 1.79. The maximum Gasteiger partial charge on any atom is 0.239 e. The molecule has 0 aliphatic heterocycles. The normalized spacial score (nSPS) is 16.5. The number of amides is 2. The van der Waals surface area contributed by atoms with Gasteiger partial charge in [-0.25, -0.2) is 4.68 Å². The van der Waals surface area contributed by atoms with Crippen molar-refractivity contribution in [2.75, 3.05) is 6.54 Å². The topological polar surface area (TPSA) is 76.0 Å². The standard InChI is InChI=1S/C21H28N4O2/c1-14(26)22-13-20(27)24-18-6-5-7-19-17(18)12-23-25(19)16-10-8-15(9-11-16)21(2,3)4/h8-12,18H,5-7,13H2,1-4H3,(H,22,26)(H,24,27)/t18-/m0/s1. The summed E-state index contributed by atoms with van der Waals surface area (Å²) in [6.45, 7) is 8.01. The largest absolute Gasteiger partial charge is 0.348 e. The monoisotopic (exact) mass is 368 g/mol. The number of nitrogens with zero attached hydrogens (tertiary/aromatic N) is 2. The Hall–Kier alpha value is -2.63. The Morgan fingerprint density at radius 3 is 2.56 bits per heavy atom. The van der Waals surface area contributed by atoms with Crippen molar-refractivity contribution in [1.29, 1.82) is 0 Å². The Bertz CT molecular complexity index is 831. The van der Waals surface area contributed by atoms with E-state index in [1.807, 2.05) is 10.9 Å². The van der Waals surface area contributed by atoms with Crippen LogP contribution in [0.25, 0.3) is 5.69 Å². The lowest BCUT2D eigenvalue weighted by atomic mass is 9.87. The summed E-state index contributed by atoms with van der Waals surface area (Å²) in [4.78, 5) is 23.1. The third-order valence-corrected chi connectivity index (χ3v) is 4.99. The molecule has 6 nitrogen and oxygen atoms in total. The van der Waals surface area contributed by atoms with Crippen LogP contribution in [0.15, 0.2) is 30.5 Å². The first kappa shape index (κ1) is 19.1. The van der Waals surface area contributed by atoms with Gasteiger partial charge in [-0.1, -0.05) is 32.9 Å². The number of aromatic nitrogens is 2. The zero-order valence-electron chi connectivity index (χ0n) is 16.5. The molecular formula is C21H28N4O2. The maximum absolute atomic E-state index is 12.1. The molecule has 0 radical (unpaired) electrons. The van der Waals surface area contributed by atoms with Gasteiger partial charge in [0.1, 0.15) is 0 Å². The molecule has 144 valence electrons. The molecule has 1 aromatic heterocycles. The highest BCUT2D eigenvalue weighted by Gasteiger charge is 2.26. The van der Waals surface area contributed by atoms with E-state index in [2.05, 4.69) is 60.8 Å². The number of benzene rings is 1. The van der Waals surface area contributed by atoms with E-state index in [0.717, 1.165) is 36.2 Å². The van der Waals surface area contributed by atoms with Crippen molar-refractivity contribution in [3.05, 3.63) is 47.3 Å². The van der Waals surface area contributed by atoms with Crippen molar-refractivity contribution in [3.8, 4) is 5.69 Å². The minimum absolute atomic E-state index is 0.00354. The lowest BCUT2D eigenvalue weighted by Gasteiger charge is -2.24. The van der Waals surface area contributed by atoms with Gasteiger partial charge < -0.3 is 10.6 Å². The number of fused-ring (bicyclic) bond motifs is 1. The Morgan fingerprint density at radius 2 is 1.93 bits per heavy atom. The number of hydrogen-bond acceptors (Lipinski definition) is 3. The van der Waals surface area contributed by atoms with Crippen molar-refractivity contribution in [2.45, 2.75) is 58.4 Å². The maximum atomic E-state index is 12.1. The van der Waals surface area contributed by atoms with Crippen LogP contribution in [0.2, 0.25) is 0 Å². The van der Waals surface area contributed by atoms with E-state index < -0.39 is 0 Å². The van der Waals surface area contributed by atoms with Crippen LogP contribution in [0, 0.1) is 0 Å². The number of hydrogen-bond donors (Lipinski definition) is 2. The summed E-state index contributed by atoms with van der Waals surface area (Å²) >= 11 is 0. The molecule has 1 aromatic carbocycles.